The number of benzene rings is 8. The van der Waals surface area contributed by atoms with Crippen molar-refractivity contribution in [3.63, 3.8) is 0 Å². The van der Waals surface area contributed by atoms with Crippen molar-refractivity contribution in [1.29, 1.82) is 5.41 Å². The lowest BCUT2D eigenvalue weighted by Gasteiger charge is -2.11. The standard InChI is InChI=1S/C40H26N4.C7H9N.C7H8/c1-42-40(41)27-16-14-25(15-17-27)26-18-20-28(21-19-26)43-35-12-6-5-11-32(35)33-22-23-37-34(39(33)43)24-38-31-10-3-2-8-29(31)30-9-4-7-13-36(30)44(37)38;8-6-7-4-2-1-3-5-7;1-7-5-3-2-4-6-7/h2-24,41H,1H2;1-5H,6,8H2;2-6H,1H3. The third-order valence-corrected chi connectivity index (χ3v) is 11.0. The Balaban J connectivity index is 0.000000252. The highest BCUT2D eigenvalue weighted by Gasteiger charge is 2.19. The van der Waals surface area contributed by atoms with Gasteiger partial charge in [0.25, 0.3) is 0 Å². The third-order valence-electron chi connectivity index (χ3n) is 11.0. The Kier molecular flexibility index (Phi) is 10.1. The van der Waals surface area contributed by atoms with E-state index in [1.807, 2.05) is 72.8 Å². The Hall–Kier alpha value is -7.60. The van der Waals surface area contributed by atoms with Crippen LogP contribution in [0.25, 0.3) is 76.7 Å². The highest BCUT2D eigenvalue weighted by molar-refractivity contribution is 6.22. The van der Waals surface area contributed by atoms with Crippen molar-refractivity contribution in [2.75, 3.05) is 0 Å². The van der Waals surface area contributed by atoms with E-state index in [0.29, 0.717) is 6.54 Å². The van der Waals surface area contributed by atoms with Crippen LogP contribution in [0.2, 0.25) is 0 Å². The molecule has 0 aliphatic rings. The Bertz CT molecular complexity index is 3270. The minimum atomic E-state index is 0.184. The van der Waals surface area contributed by atoms with Gasteiger partial charge in [0.1, 0.15) is 0 Å². The molecule has 59 heavy (non-hydrogen) atoms. The molecule has 0 saturated carbocycles. The largest absolute Gasteiger partial charge is 0.326 e. The Labute approximate surface area is 343 Å². The molecule has 0 unspecified atom stereocenters. The fourth-order valence-electron chi connectivity index (χ4n) is 8.17. The summed E-state index contributed by atoms with van der Waals surface area (Å²) < 4.78 is 4.85. The number of aromatic nitrogens is 2. The molecule has 0 bridgehead atoms. The number of fused-ring (bicyclic) bond motifs is 12. The molecule has 11 aromatic rings. The van der Waals surface area contributed by atoms with Gasteiger partial charge in [-0.2, -0.15) is 0 Å². The number of pyridine rings is 1. The summed E-state index contributed by atoms with van der Waals surface area (Å²) in [6.07, 6.45) is 0. The van der Waals surface area contributed by atoms with Gasteiger partial charge >= 0.3 is 0 Å². The van der Waals surface area contributed by atoms with Crippen LogP contribution >= 0.6 is 0 Å². The molecule has 5 nitrogen and oxygen atoms in total. The summed E-state index contributed by atoms with van der Waals surface area (Å²) in [4.78, 5) is 3.75. The molecule has 11 rings (SSSR count). The first-order chi connectivity index (χ1) is 29.0. The van der Waals surface area contributed by atoms with Crippen molar-refractivity contribution in [1.82, 2.24) is 8.97 Å². The SMILES string of the molecule is C=NC(=N)c1ccc(-c2ccc(-n3c4ccccc4c4ccc5c(cc6c7ccccc7c7ccccc7n65)c43)cc2)cc1.Cc1ccccc1.NCc1ccccc1. The van der Waals surface area contributed by atoms with Gasteiger partial charge in [0.15, 0.2) is 5.84 Å². The highest BCUT2D eigenvalue weighted by atomic mass is 15.0. The van der Waals surface area contributed by atoms with Crippen LogP contribution in [0.3, 0.4) is 0 Å². The predicted octanol–water partition coefficient (Wildman–Crippen LogP) is 13.3. The van der Waals surface area contributed by atoms with E-state index in [4.69, 9.17) is 11.1 Å². The molecule has 0 fully saturated rings. The van der Waals surface area contributed by atoms with Crippen LogP contribution in [0, 0.1) is 12.3 Å². The van der Waals surface area contributed by atoms with Crippen molar-refractivity contribution in [2.24, 2.45) is 10.7 Å². The molecular formula is C54H43N5. The molecule has 0 radical (unpaired) electrons. The molecule has 3 aromatic heterocycles. The number of nitrogens with zero attached hydrogens (tertiary/aromatic N) is 3. The summed E-state index contributed by atoms with van der Waals surface area (Å²) in [5, 5.41) is 15.4. The van der Waals surface area contributed by atoms with Gasteiger partial charge in [0.2, 0.25) is 0 Å². The van der Waals surface area contributed by atoms with E-state index >= 15 is 0 Å². The molecule has 0 saturated heterocycles. The van der Waals surface area contributed by atoms with Gasteiger partial charge in [-0.25, -0.2) is 4.99 Å². The first-order valence-corrected chi connectivity index (χ1v) is 19.8. The maximum Gasteiger partial charge on any atom is 0.151 e. The number of para-hydroxylation sites is 2. The lowest BCUT2D eigenvalue weighted by atomic mass is 10.0. The minimum Gasteiger partial charge on any atom is -0.326 e. The van der Waals surface area contributed by atoms with Gasteiger partial charge in [-0.15, -0.1) is 0 Å². The quantitative estimate of drug-likeness (QED) is 0.105. The van der Waals surface area contributed by atoms with E-state index in [0.717, 1.165) is 22.4 Å². The summed E-state index contributed by atoms with van der Waals surface area (Å²) in [6, 6.07) is 70.1. The molecule has 0 amide bonds. The van der Waals surface area contributed by atoms with Crippen LogP contribution in [0.15, 0.2) is 205 Å². The zero-order chi connectivity index (χ0) is 40.3. The molecule has 3 N–H and O–H groups in total. The molecule has 0 spiro atoms. The maximum atomic E-state index is 7.93. The molecule has 284 valence electrons. The van der Waals surface area contributed by atoms with E-state index < -0.39 is 0 Å². The van der Waals surface area contributed by atoms with Crippen molar-refractivity contribution in [3.05, 3.63) is 217 Å². The lowest BCUT2D eigenvalue weighted by Crippen LogP contribution is -1.95. The summed E-state index contributed by atoms with van der Waals surface area (Å²) in [7, 11) is 0. The van der Waals surface area contributed by atoms with E-state index in [9.17, 15) is 0 Å². The summed E-state index contributed by atoms with van der Waals surface area (Å²) in [5.41, 5.74) is 18.0. The number of aliphatic imine (C=N–C) groups is 1. The second kappa shape index (κ2) is 16.1. The van der Waals surface area contributed by atoms with Gasteiger partial charge in [0, 0.05) is 44.7 Å². The lowest BCUT2D eigenvalue weighted by molar-refractivity contribution is 1.07. The summed E-state index contributed by atoms with van der Waals surface area (Å²) in [5.74, 6) is 0.184. The average molecular weight is 762 g/mol. The second-order valence-electron chi connectivity index (χ2n) is 14.7. The number of aryl methyl sites for hydroxylation is 1. The summed E-state index contributed by atoms with van der Waals surface area (Å²) >= 11 is 0. The van der Waals surface area contributed by atoms with Crippen LogP contribution in [0.1, 0.15) is 16.7 Å². The van der Waals surface area contributed by atoms with Crippen LogP contribution < -0.4 is 5.73 Å². The maximum absolute atomic E-state index is 7.93. The zero-order valence-corrected chi connectivity index (χ0v) is 32.9. The molecule has 0 atom stereocenters. The number of rotatable bonds is 4. The molecule has 0 aliphatic heterocycles. The first kappa shape index (κ1) is 37.0. The Morgan fingerprint density at radius 1 is 0.508 bits per heavy atom. The van der Waals surface area contributed by atoms with Crippen molar-refractivity contribution in [2.45, 2.75) is 13.5 Å². The summed E-state index contributed by atoms with van der Waals surface area (Å²) in [6.45, 7) is 6.20. The molecule has 5 heteroatoms. The van der Waals surface area contributed by atoms with Crippen LogP contribution in [-0.4, -0.2) is 21.5 Å². The van der Waals surface area contributed by atoms with E-state index in [1.165, 1.54) is 71.0 Å². The number of hydrogen-bond donors (Lipinski definition) is 2. The van der Waals surface area contributed by atoms with Gasteiger partial charge in [-0.1, -0.05) is 169 Å². The van der Waals surface area contributed by atoms with Gasteiger partial charge < -0.3 is 14.7 Å². The molecule has 8 aromatic carbocycles. The number of nitrogens with two attached hydrogens (primary N) is 1. The Morgan fingerprint density at radius 3 is 1.59 bits per heavy atom. The van der Waals surface area contributed by atoms with Gasteiger partial charge in [0.05, 0.1) is 27.6 Å². The normalized spacial score (nSPS) is 11.1. The first-order valence-electron chi connectivity index (χ1n) is 19.8. The topological polar surface area (TPSA) is 71.6 Å². The number of hydrogen-bond acceptors (Lipinski definition) is 2. The monoisotopic (exact) mass is 761 g/mol. The molecule has 0 aliphatic carbocycles. The zero-order valence-electron chi connectivity index (χ0n) is 32.9. The fraction of sp³-hybridized carbons (Fsp3) is 0.0370. The minimum absolute atomic E-state index is 0.184. The van der Waals surface area contributed by atoms with Crippen LogP contribution in [0.5, 0.6) is 0 Å². The fourth-order valence-corrected chi connectivity index (χ4v) is 8.17. The third kappa shape index (κ3) is 6.94. The van der Waals surface area contributed by atoms with Crippen molar-refractivity contribution in [3.8, 4) is 16.8 Å². The van der Waals surface area contributed by atoms with Gasteiger partial charge in [-0.3, -0.25) is 5.41 Å². The predicted molar refractivity (Wildman–Crippen MR) is 252 cm³/mol. The van der Waals surface area contributed by atoms with E-state index in [1.54, 1.807) is 0 Å². The van der Waals surface area contributed by atoms with Gasteiger partial charge in [-0.05, 0) is 72.1 Å². The van der Waals surface area contributed by atoms with Crippen molar-refractivity contribution >= 4 is 72.5 Å². The highest BCUT2D eigenvalue weighted by Crippen LogP contribution is 2.41. The van der Waals surface area contributed by atoms with Crippen LogP contribution in [-0.2, 0) is 6.54 Å². The number of nitrogens with one attached hydrogen (secondary N) is 1. The van der Waals surface area contributed by atoms with Crippen molar-refractivity contribution < 1.29 is 0 Å². The molecule has 3 heterocycles. The average Bonchev–Trinajstić information content (AvgIpc) is 3.87. The smallest absolute Gasteiger partial charge is 0.151 e. The van der Waals surface area contributed by atoms with E-state index in [2.05, 4.69) is 155 Å². The van der Waals surface area contributed by atoms with E-state index in [-0.39, 0.29) is 5.84 Å². The Morgan fingerprint density at radius 2 is 1.02 bits per heavy atom. The van der Waals surface area contributed by atoms with Crippen LogP contribution in [0.4, 0.5) is 0 Å². The number of amidine groups is 1. The molecular weight excluding hydrogens is 719 g/mol. The second-order valence-corrected chi connectivity index (χ2v) is 14.7.